The first-order valence-corrected chi connectivity index (χ1v) is 6.99. The van der Waals surface area contributed by atoms with Crippen LogP contribution >= 0.6 is 0 Å². The van der Waals surface area contributed by atoms with E-state index in [1.807, 2.05) is 6.92 Å². The molecule has 0 atom stereocenters. The standard InChI is InChI=1S/C15H20N4O/c1-12-14(18-11-17-12)10-16-13-4-2-3-5-15(13)19-6-8-20-9-7-19/h2-5,11,16H,6-10H2,1H3,(H,17,18). The molecule has 2 aromatic rings. The van der Waals surface area contributed by atoms with Gasteiger partial charge in [0.25, 0.3) is 0 Å². The summed E-state index contributed by atoms with van der Waals surface area (Å²) in [6.07, 6.45) is 1.74. The zero-order valence-electron chi connectivity index (χ0n) is 11.7. The summed E-state index contributed by atoms with van der Waals surface area (Å²) in [6.45, 7) is 6.26. The number of nitrogens with one attached hydrogen (secondary N) is 2. The van der Waals surface area contributed by atoms with Crippen LogP contribution in [0, 0.1) is 6.92 Å². The molecule has 2 N–H and O–H groups in total. The van der Waals surface area contributed by atoms with Gasteiger partial charge in [0.1, 0.15) is 0 Å². The first kappa shape index (κ1) is 13.0. The van der Waals surface area contributed by atoms with Crippen molar-refractivity contribution in [3.63, 3.8) is 0 Å². The normalized spacial score (nSPS) is 15.3. The molecule has 5 nitrogen and oxygen atoms in total. The van der Waals surface area contributed by atoms with Crippen molar-refractivity contribution in [2.24, 2.45) is 0 Å². The number of rotatable bonds is 4. The van der Waals surface area contributed by atoms with Gasteiger partial charge in [-0.15, -0.1) is 0 Å². The van der Waals surface area contributed by atoms with Gasteiger partial charge in [-0.3, -0.25) is 0 Å². The molecule has 0 aliphatic carbocycles. The number of para-hydroxylation sites is 2. The van der Waals surface area contributed by atoms with E-state index in [0.717, 1.165) is 49.9 Å². The minimum atomic E-state index is 0.733. The van der Waals surface area contributed by atoms with Crippen molar-refractivity contribution in [2.75, 3.05) is 36.5 Å². The summed E-state index contributed by atoms with van der Waals surface area (Å²) in [5.74, 6) is 0. The van der Waals surface area contributed by atoms with Crippen LogP contribution in [0.4, 0.5) is 11.4 Å². The average Bonchev–Trinajstić information content (AvgIpc) is 2.92. The molecule has 106 valence electrons. The number of H-pyrrole nitrogens is 1. The number of ether oxygens (including phenoxy) is 1. The first-order chi connectivity index (χ1) is 9.84. The molecule has 2 heterocycles. The van der Waals surface area contributed by atoms with Crippen LogP contribution in [-0.4, -0.2) is 36.3 Å². The van der Waals surface area contributed by atoms with E-state index < -0.39 is 0 Å². The smallest absolute Gasteiger partial charge is 0.0925 e. The lowest BCUT2D eigenvalue weighted by molar-refractivity contribution is 0.123. The lowest BCUT2D eigenvalue weighted by Gasteiger charge is -2.30. The molecule has 0 amide bonds. The Morgan fingerprint density at radius 1 is 1.30 bits per heavy atom. The fourth-order valence-electron chi connectivity index (χ4n) is 2.45. The Labute approximate surface area is 119 Å². The van der Waals surface area contributed by atoms with E-state index in [9.17, 15) is 0 Å². The van der Waals surface area contributed by atoms with Crippen LogP contribution in [0.25, 0.3) is 0 Å². The van der Waals surface area contributed by atoms with Crippen molar-refractivity contribution in [3.05, 3.63) is 42.0 Å². The molecule has 1 saturated heterocycles. The number of aromatic amines is 1. The van der Waals surface area contributed by atoms with Crippen molar-refractivity contribution >= 4 is 11.4 Å². The highest BCUT2D eigenvalue weighted by molar-refractivity contribution is 5.70. The molecule has 20 heavy (non-hydrogen) atoms. The molecule has 0 bridgehead atoms. The number of hydrogen-bond acceptors (Lipinski definition) is 4. The van der Waals surface area contributed by atoms with Gasteiger partial charge in [0.15, 0.2) is 0 Å². The van der Waals surface area contributed by atoms with E-state index in [0.29, 0.717) is 0 Å². The maximum atomic E-state index is 5.42. The fraction of sp³-hybridized carbons (Fsp3) is 0.400. The van der Waals surface area contributed by atoms with Crippen LogP contribution in [0.1, 0.15) is 11.4 Å². The second-order valence-corrected chi connectivity index (χ2v) is 4.94. The molecule has 0 radical (unpaired) electrons. The molecule has 1 aromatic heterocycles. The van der Waals surface area contributed by atoms with Crippen molar-refractivity contribution in [2.45, 2.75) is 13.5 Å². The van der Waals surface area contributed by atoms with E-state index in [-0.39, 0.29) is 0 Å². The quantitative estimate of drug-likeness (QED) is 0.895. The molecule has 1 fully saturated rings. The number of benzene rings is 1. The monoisotopic (exact) mass is 272 g/mol. The Morgan fingerprint density at radius 3 is 2.85 bits per heavy atom. The van der Waals surface area contributed by atoms with Gasteiger partial charge in [-0.1, -0.05) is 12.1 Å². The van der Waals surface area contributed by atoms with E-state index in [4.69, 9.17) is 4.74 Å². The highest BCUT2D eigenvalue weighted by atomic mass is 16.5. The van der Waals surface area contributed by atoms with Gasteiger partial charge in [0, 0.05) is 18.8 Å². The van der Waals surface area contributed by atoms with Gasteiger partial charge in [0.05, 0.1) is 43.2 Å². The summed E-state index contributed by atoms with van der Waals surface area (Å²) in [4.78, 5) is 9.79. The minimum absolute atomic E-state index is 0.733. The predicted octanol–water partition coefficient (Wildman–Crippen LogP) is 2.17. The van der Waals surface area contributed by atoms with Crippen LogP contribution in [0.2, 0.25) is 0 Å². The fourth-order valence-corrected chi connectivity index (χ4v) is 2.45. The summed E-state index contributed by atoms with van der Waals surface area (Å²) in [7, 11) is 0. The molecule has 3 rings (SSSR count). The van der Waals surface area contributed by atoms with Crippen molar-refractivity contribution in [3.8, 4) is 0 Å². The largest absolute Gasteiger partial charge is 0.378 e. The number of anilines is 2. The summed E-state index contributed by atoms with van der Waals surface area (Å²) >= 11 is 0. The highest BCUT2D eigenvalue weighted by Gasteiger charge is 2.14. The lowest BCUT2D eigenvalue weighted by Crippen LogP contribution is -2.36. The number of morpholine rings is 1. The SMILES string of the molecule is Cc1[nH]cnc1CNc1ccccc1N1CCOCC1. The van der Waals surface area contributed by atoms with Crippen LogP contribution in [-0.2, 0) is 11.3 Å². The van der Waals surface area contributed by atoms with E-state index in [1.54, 1.807) is 6.33 Å². The molecular weight excluding hydrogens is 252 g/mol. The lowest BCUT2D eigenvalue weighted by atomic mass is 10.2. The third-order valence-electron chi connectivity index (χ3n) is 3.64. The highest BCUT2D eigenvalue weighted by Crippen LogP contribution is 2.26. The first-order valence-electron chi connectivity index (χ1n) is 6.99. The average molecular weight is 272 g/mol. The second kappa shape index (κ2) is 5.96. The summed E-state index contributed by atoms with van der Waals surface area (Å²) in [5, 5.41) is 3.49. The Balaban J connectivity index is 1.74. The maximum Gasteiger partial charge on any atom is 0.0925 e. The van der Waals surface area contributed by atoms with Gasteiger partial charge < -0.3 is 19.9 Å². The van der Waals surface area contributed by atoms with Crippen molar-refractivity contribution in [1.29, 1.82) is 0 Å². The maximum absolute atomic E-state index is 5.42. The minimum Gasteiger partial charge on any atom is -0.378 e. The number of imidazole rings is 1. The van der Waals surface area contributed by atoms with Crippen LogP contribution in [0.3, 0.4) is 0 Å². The van der Waals surface area contributed by atoms with Crippen molar-refractivity contribution in [1.82, 2.24) is 9.97 Å². The number of aromatic nitrogens is 2. The van der Waals surface area contributed by atoms with Gasteiger partial charge in [-0.05, 0) is 19.1 Å². The van der Waals surface area contributed by atoms with Crippen LogP contribution < -0.4 is 10.2 Å². The van der Waals surface area contributed by atoms with Gasteiger partial charge >= 0.3 is 0 Å². The third kappa shape index (κ3) is 2.77. The summed E-state index contributed by atoms with van der Waals surface area (Å²) < 4.78 is 5.42. The number of nitrogens with zero attached hydrogens (tertiary/aromatic N) is 2. The predicted molar refractivity (Wildman–Crippen MR) is 80.1 cm³/mol. The zero-order valence-corrected chi connectivity index (χ0v) is 11.7. The molecule has 0 saturated carbocycles. The number of hydrogen-bond donors (Lipinski definition) is 2. The summed E-state index contributed by atoms with van der Waals surface area (Å²) in [5.41, 5.74) is 4.56. The van der Waals surface area contributed by atoms with Gasteiger partial charge in [0.2, 0.25) is 0 Å². The molecule has 0 spiro atoms. The van der Waals surface area contributed by atoms with Gasteiger partial charge in [-0.25, -0.2) is 4.98 Å². The molecule has 0 unspecified atom stereocenters. The molecular formula is C15H20N4O. The van der Waals surface area contributed by atoms with E-state index >= 15 is 0 Å². The Bertz CT molecular complexity index is 561. The number of aryl methyl sites for hydroxylation is 1. The molecule has 1 aromatic carbocycles. The second-order valence-electron chi connectivity index (χ2n) is 4.94. The van der Waals surface area contributed by atoms with E-state index in [2.05, 4.69) is 44.5 Å². The summed E-state index contributed by atoms with van der Waals surface area (Å²) in [6, 6.07) is 8.41. The van der Waals surface area contributed by atoms with Gasteiger partial charge in [-0.2, -0.15) is 0 Å². The molecule has 5 heteroatoms. The van der Waals surface area contributed by atoms with Crippen LogP contribution in [0.15, 0.2) is 30.6 Å². The van der Waals surface area contributed by atoms with Crippen LogP contribution in [0.5, 0.6) is 0 Å². The zero-order chi connectivity index (χ0) is 13.8. The van der Waals surface area contributed by atoms with E-state index in [1.165, 1.54) is 5.69 Å². The molecule has 1 aliphatic heterocycles. The third-order valence-corrected chi connectivity index (χ3v) is 3.64. The Kier molecular flexibility index (Phi) is 3.87. The molecule has 1 aliphatic rings. The topological polar surface area (TPSA) is 53.2 Å². The Hall–Kier alpha value is -2.01. The van der Waals surface area contributed by atoms with Crippen molar-refractivity contribution < 1.29 is 4.74 Å². The Morgan fingerprint density at radius 2 is 2.10 bits per heavy atom.